The Morgan fingerprint density at radius 1 is 1.38 bits per heavy atom. The highest BCUT2D eigenvalue weighted by Gasteiger charge is 2.38. The molecule has 1 aliphatic rings. The van der Waals surface area contributed by atoms with Gasteiger partial charge in [0, 0.05) is 11.6 Å². The Morgan fingerprint density at radius 2 is 2.06 bits per heavy atom. The lowest BCUT2D eigenvalue weighted by Gasteiger charge is -2.25. The third-order valence-corrected chi connectivity index (χ3v) is 3.83. The first-order valence-electron chi connectivity index (χ1n) is 6.09. The van der Waals surface area contributed by atoms with E-state index in [1.807, 2.05) is 25.1 Å². The fourth-order valence-corrected chi connectivity index (χ4v) is 2.69. The van der Waals surface area contributed by atoms with Crippen molar-refractivity contribution < 1.29 is 4.79 Å². The highest BCUT2D eigenvalue weighted by molar-refractivity contribution is 5.90. The first-order valence-corrected chi connectivity index (χ1v) is 6.09. The molecular formula is C14H19NO. The van der Waals surface area contributed by atoms with Crippen LogP contribution in [0.4, 0.5) is 0 Å². The average molecular weight is 217 g/mol. The molecule has 0 N–H and O–H groups in total. The van der Waals surface area contributed by atoms with Crippen LogP contribution in [-0.2, 0) is 4.79 Å². The van der Waals surface area contributed by atoms with Crippen LogP contribution < -0.4 is 0 Å². The van der Waals surface area contributed by atoms with Crippen LogP contribution in [0.1, 0.15) is 51.1 Å². The number of hydrogen-bond acceptors (Lipinski definition) is 2. The lowest BCUT2D eigenvalue weighted by Crippen LogP contribution is -2.29. The molecule has 2 nitrogen and oxygen atoms in total. The minimum atomic E-state index is -0.100. The Labute approximate surface area is 97.1 Å². The fraction of sp³-hybridized carbons (Fsp3) is 0.571. The van der Waals surface area contributed by atoms with Gasteiger partial charge in [0.15, 0.2) is 0 Å². The van der Waals surface area contributed by atoms with Crippen molar-refractivity contribution in [1.82, 2.24) is 4.98 Å². The van der Waals surface area contributed by atoms with Crippen LogP contribution in [0.5, 0.6) is 0 Å². The number of hydrogen-bond donors (Lipinski definition) is 0. The number of nitrogens with zero attached hydrogens (tertiary/aromatic N) is 1. The molecule has 1 aromatic heterocycles. The van der Waals surface area contributed by atoms with Crippen LogP contribution in [0.15, 0.2) is 24.4 Å². The summed E-state index contributed by atoms with van der Waals surface area (Å²) in [6.45, 7) is 4.09. The summed E-state index contributed by atoms with van der Waals surface area (Å²) < 4.78 is 0. The summed E-state index contributed by atoms with van der Waals surface area (Å²) in [4.78, 5) is 16.7. The largest absolute Gasteiger partial charge is 0.298 e. The molecule has 1 unspecified atom stereocenters. The van der Waals surface area contributed by atoms with E-state index in [2.05, 4.69) is 11.9 Å². The van der Waals surface area contributed by atoms with Crippen molar-refractivity contribution in [2.45, 2.75) is 45.4 Å². The molecule has 0 bridgehead atoms. The molecule has 0 spiro atoms. The molecular weight excluding hydrogens is 198 g/mol. The van der Waals surface area contributed by atoms with Crippen molar-refractivity contribution in [3.8, 4) is 0 Å². The Morgan fingerprint density at radius 3 is 2.62 bits per heavy atom. The van der Waals surface area contributed by atoms with E-state index < -0.39 is 0 Å². The molecule has 1 saturated carbocycles. The van der Waals surface area contributed by atoms with Gasteiger partial charge in [-0.2, -0.15) is 0 Å². The van der Waals surface area contributed by atoms with Gasteiger partial charge in [-0.1, -0.05) is 25.8 Å². The van der Waals surface area contributed by atoms with Crippen molar-refractivity contribution in [3.05, 3.63) is 30.1 Å². The standard InChI is InChI=1S/C14H19NO/c1-11(12-7-3-6-10-15-12)13(16)14(2)8-4-5-9-14/h3,6-7,10-11H,4-5,8-9H2,1-2H3. The molecule has 2 rings (SSSR count). The average Bonchev–Trinajstić information content (AvgIpc) is 2.77. The van der Waals surface area contributed by atoms with Crippen LogP contribution in [0.2, 0.25) is 0 Å². The third kappa shape index (κ3) is 2.01. The van der Waals surface area contributed by atoms with Crippen LogP contribution in [0.3, 0.4) is 0 Å². The normalized spacial score (nSPS) is 20.6. The van der Waals surface area contributed by atoms with E-state index in [1.165, 1.54) is 12.8 Å². The van der Waals surface area contributed by atoms with E-state index in [0.29, 0.717) is 5.78 Å². The Hall–Kier alpha value is -1.18. The highest BCUT2D eigenvalue weighted by atomic mass is 16.1. The summed E-state index contributed by atoms with van der Waals surface area (Å²) in [6, 6.07) is 5.78. The molecule has 1 aliphatic carbocycles. The Bertz CT molecular complexity index is 366. The molecule has 0 saturated heterocycles. The molecule has 16 heavy (non-hydrogen) atoms. The summed E-state index contributed by atoms with van der Waals surface area (Å²) in [5.41, 5.74) is 0.803. The van der Waals surface area contributed by atoms with E-state index in [0.717, 1.165) is 18.5 Å². The van der Waals surface area contributed by atoms with Gasteiger partial charge in [-0.3, -0.25) is 9.78 Å². The number of Topliss-reactive ketones (excluding diaryl/α,β-unsaturated/α-hetero) is 1. The zero-order valence-corrected chi connectivity index (χ0v) is 10.1. The molecule has 1 atom stereocenters. The second-order valence-corrected chi connectivity index (χ2v) is 5.11. The van der Waals surface area contributed by atoms with Crippen LogP contribution in [0.25, 0.3) is 0 Å². The van der Waals surface area contributed by atoms with Crippen LogP contribution >= 0.6 is 0 Å². The topological polar surface area (TPSA) is 30.0 Å². The van der Waals surface area contributed by atoms with Crippen LogP contribution in [0, 0.1) is 5.41 Å². The summed E-state index contributed by atoms with van der Waals surface area (Å²) in [5.74, 6) is 0.299. The van der Waals surface area contributed by atoms with Crippen molar-refractivity contribution in [3.63, 3.8) is 0 Å². The molecule has 2 heteroatoms. The Kier molecular flexibility index (Phi) is 3.08. The van der Waals surface area contributed by atoms with Gasteiger partial charge in [-0.25, -0.2) is 0 Å². The molecule has 1 fully saturated rings. The molecule has 86 valence electrons. The van der Waals surface area contributed by atoms with E-state index >= 15 is 0 Å². The van der Waals surface area contributed by atoms with E-state index in [-0.39, 0.29) is 11.3 Å². The zero-order chi connectivity index (χ0) is 11.6. The molecule has 0 radical (unpaired) electrons. The fourth-order valence-electron chi connectivity index (χ4n) is 2.69. The summed E-state index contributed by atoms with van der Waals surface area (Å²) in [6.07, 6.45) is 6.23. The number of pyridine rings is 1. The summed E-state index contributed by atoms with van der Waals surface area (Å²) >= 11 is 0. The highest BCUT2D eigenvalue weighted by Crippen LogP contribution is 2.41. The van der Waals surface area contributed by atoms with Gasteiger partial charge in [0.25, 0.3) is 0 Å². The quantitative estimate of drug-likeness (QED) is 0.777. The molecule has 1 aromatic rings. The SMILES string of the molecule is CC(C(=O)C1(C)CCCC1)c1ccccn1. The smallest absolute Gasteiger partial charge is 0.147 e. The van der Waals surface area contributed by atoms with Gasteiger partial charge in [0.2, 0.25) is 0 Å². The van der Waals surface area contributed by atoms with Crippen molar-refractivity contribution in [2.24, 2.45) is 5.41 Å². The maximum atomic E-state index is 12.4. The Balaban J connectivity index is 2.16. The molecule has 1 heterocycles. The predicted octanol–water partition coefficient (Wildman–Crippen LogP) is 3.33. The van der Waals surface area contributed by atoms with Gasteiger partial charge in [0.05, 0.1) is 11.6 Å². The van der Waals surface area contributed by atoms with Gasteiger partial charge in [-0.05, 0) is 31.9 Å². The van der Waals surface area contributed by atoms with Crippen molar-refractivity contribution in [1.29, 1.82) is 0 Å². The number of ketones is 1. The molecule has 0 aliphatic heterocycles. The van der Waals surface area contributed by atoms with Gasteiger partial charge in [-0.15, -0.1) is 0 Å². The monoisotopic (exact) mass is 217 g/mol. The maximum absolute atomic E-state index is 12.4. The van der Waals surface area contributed by atoms with E-state index in [1.54, 1.807) is 6.20 Å². The number of rotatable bonds is 3. The molecule has 0 aromatic carbocycles. The first kappa shape index (κ1) is 11.3. The second kappa shape index (κ2) is 4.36. The zero-order valence-electron chi connectivity index (χ0n) is 10.1. The second-order valence-electron chi connectivity index (χ2n) is 5.11. The van der Waals surface area contributed by atoms with Crippen molar-refractivity contribution >= 4 is 5.78 Å². The minimum absolute atomic E-state index is 0.0655. The van der Waals surface area contributed by atoms with Gasteiger partial charge >= 0.3 is 0 Å². The van der Waals surface area contributed by atoms with Gasteiger partial charge < -0.3 is 0 Å². The number of carbonyl (C=O) groups excluding carboxylic acids is 1. The minimum Gasteiger partial charge on any atom is -0.298 e. The number of carbonyl (C=O) groups is 1. The molecule has 0 amide bonds. The first-order chi connectivity index (χ1) is 7.63. The van der Waals surface area contributed by atoms with Gasteiger partial charge in [0.1, 0.15) is 5.78 Å². The summed E-state index contributed by atoms with van der Waals surface area (Å²) in [5, 5.41) is 0. The van der Waals surface area contributed by atoms with E-state index in [9.17, 15) is 4.79 Å². The van der Waals surface area contributed by atoms with Crippen molar-refractivity contribution in [2.75, 3.05) is 0 Å². The lowest BCUT2D eigenvalue weighted by molar-refractivity contribution is -0.128. The predicted molar refractivity (Wildman–Crippen MR) is 64.2 cm³/mol. The van der Waals surface area contributed by atoms with Crippen LogP contribution in [-0.4, -0.2) is 10.8 Å². The maximum Gasteiger partial charge on any atom is 0.147 e. The van der Waals surface area contributed by atoms with E-state index in [4.69, 9.17) is 0 Å². The third-order valence-electron chi connectivity index (χ3n) is 3.83. The summed E-state index contributed by atoms with van der Waals surface area (Å²) in [7, 11) is 0. The lowest BCUT2D eigenvalue weighted by atomic mass is 9.77. The number of aromatic nitrogens is 1.